The lowest BCUT2D eigenvalue weighted by Gasteiger charge is -2.30. The highest BCUT2D eigenvalue weighted by Gasteiger charge is 2.35. The smallest absolute Gasteiger partial charge is 0.407 e. The van der Waals surface area contributed by atoms with Crippen molar-refractivity contribution in [2.45, 2.75) is 78.4 Å². The molecule has 0 fully saturated rings. The van der Waals surface area contributed by atoms with E-state index in [2.05, 4.69) is 5.32 Å². The molecule has 0 bridgehead atoms. The van der Waals surface area contributed by atoms with Crippen LogP contribution in [-0.4, -0.2) is 52.4 Å². The van der Waals surface area contributed by atoms with Crippen LogP contribution in [0.5, 0.6) is 0 Å². The Balaban J connectivity index is 1.12. The van der Waals surface area contributed by atoms with Crippen molar-refractivity contribution in [2.75, 3.05) is 6.61 Å². The predicted molar refractivity (Wildman–Crippen MR) is 189 cm³/mol. The number of ether oxygens (including phenoxy) is 2. The number of aliphatic carboxylic acids is 1. The molecular formula is C40H44N2O8. The van der Waals surface area contributed by atoms with Gasteiger partial charge in [0.05, 0.1) is 17.0 Å². The maximum absolute atomic E-state index is 13.0. The van der Waals surface area contributed by atoms with Gasteiger partial charge < -0.3 is 25.0 Å². The third kappa shape index (κ3) is 8.85. The fraction of sp³-hybridized carbons (Fsp3) is 0.375. The number of aliphatic hydroxyl groups excluding tert-OH is 1. The van der Waals surface area contributed by atoms with Gasteiger partial charge in [-0.1, -0.05) is 88.4 Å². The third-order valence-corrected chi connectivity index (χ3v) is 8.91. The zero-order valence-electron chi connectivity index (χ0n) is 28.9. The van der Waals surface area contributed by atoms with Crippen molar-refractivity contribution in [3.8, 4) is 11.1 Å². The number of benzene rings is 3. The van der Waals surface area contributed by atoms with Crippen LogP contribution in [0, 0.1) is 11.3 Å². The van der Waals surface area contributed by atoms with Gasteiger partial charge in [-0.15, -0.1) is 0 Å². The summed E-state index contributed by atoms with van der Waals surface area (Å²) in [7, 11) is 0. The fourth-order valence-corrected chi connectivity index (χ4v) is 6.57. The number of esters is 1. The van der Waals surface area contributed by atoms with Crippen LogP contribution < -0.4 is 5.32 Å². The quantitative estimate of drug-likeness (QED) is 0.122. The van der Waals surface area contributed by atoms with E-state index in [0.29, 0.717) is 41.8 Å². The first kappa shape index (κ1) is 36.0. The molecule has 0 radical (unpaired) electrons. The molecule has 0 aromatic heterocycles. The molecule has 2 aliphatic carbocycles. The molecule has 3 aromatic carbocycles. The van der Waals surface area contributed by atoms with Crippen molar-refractivity contribution < 1.29 is 38.9 Å². The van der Waals surface area contributed by atoms with E-state index in [1.54, 1.807) is 24.3 Å². The largest absolute Gasteiger partial charge is 0.511 e. The summed E-state index contributed by atoms with van der Waals surface area (Å²) in [6.45, 7) is 7.96. The van der Waals surface area contributed by atoms with Crippen molar-refractivity contribution >= 4 is 35.2 Å². The topological polar surface area (TPSA) is 152 Å². The van der Waals surface area contributed by atoms with Crippen LogP contribution in [0.3, 0.4) is 0 Å². The number of fused-ring (bicyclic) bond motifs is 3. The minimum atomic E-state index is -1.34. The minimum Gasteiger partial charge on any atom is -0.511 e. The van der Waals surface area contributed by atoms with E-state index in [9.17, 15) is 29.4 Å². The maximum Gasteiger partial charge on any atom is 0.407 e. The van der Waals surface area contributed by atoms with Gasteiger partial charge in [0.25, 0.3) is 0 Å². The summed E-state index contributed by atoms with van der Waals surface area (Å²) in [5.74, 6) is -1.90. The first-order valence-electron chi connectivity index (χ1n) is 16.9. The zero-order valence-corrected chi connectivity index (χ0v) is 28.9. The van der Waals surface area contributed by atoms with Gasteiger partial charge in [0.1, 0.15) is 25.0 Å². The van der Waals surface area contributed by atoms with Gasteiger partial charge in [-0.2, -0.15) is 0 Å². The molecule has 0 saturated heterocycles. The zero-order chi connectivity index (χ0) is 36.0. The molecule has 0 aliphatic heterocycles. The van der Waals surface area contributed by atoms with E-state index in [-0.39, 0.29) is 54.8 Å². The second-order valence-electron chi connectivity index (χ2n) is 14.1. The lowest BCUT2D eigenvalue weighted by molar-refractivity contribution is -0.145. The number of aliphatic hydroxyl groups is 1. The van der Waals surface area contributed by atoms with Crippen LogP contribution in [0.15, 0.2) is 89.1 Å². The first-order valence-corrected chi connectivity index (χ1v) is 16.9. The molecular weight excluding hydrogens is 636 g/mol. The number of carboxylic acids is 1. The lowest BCUT2D eigenvalue weighted by atomic mass is 9.75. The van der Waals surface area contributed by atoms with Crippen molar-refractivity contribution in [3.63, 3.8) is 0 Å². The molecule has 50 heavy (non-hydrogen) atoms. The van der Waals surface area contributed by atoms with E-state index in [1.807, 2.05) is 76.2 Å². The highest BCUT2D eigenvalue weighted by molar-refractivity contribution is 6.23. The number of hydrogen-bond donors (Lipinski definition) is 3. The lowest BCUT2D eigenvalue weighted by Crippen LogP contribution is -2.41. The Morgan fingerprint density at radius 3 is 2.12 bits per heavy atom. The maximum atomic E-state index is 13.0. The Morgan fingerprint density at radius 1 is 0.920 bits per heavy atom. The number of rotatable bonds is 13. The van der Waals surface area contributed by atoms with Crippen LogP contribution in [0.25, 0.3) is 11.1 Å². The van der Waals surface area contributed by atoms with Crippen molar-refractivity contribution in [1.82, 2.24) is 5.32 Å². The van der Waals surface area contributed by atoms with Gasteiger partial charge in [0.2, 0.25) is 0 Å². The number of allylic oxidation sites excluding steroid dienone is 2. The van der Waals surface area contributed by atoms with Crippen LogP contribution >= 0.6 is 0 Å². The average molecular weight is 681 g/mol. The molecule has 262 valence electrons. The summed E-state index contributed by atoms with van der Waals surface area (Å²) in [5.41, 5.74) is 6.07. The van der Waals surface area contributed by atoms with E-state index in [0.717, 1.165) is 22.3 Å². The Bertz CT molecular complexity index is 1780. The number of alkyl carbamates (subject to hydrolysis) is 1. The molecule has 1 atom stereocenters. The third-order valence-electron chi connectivity index (χ3n) is 8.91. The molecule has 0 unspecified atom stereocenters. The van der Waals surface area contributed by atoms with E-state index < -0.39 is 24.1 Å². The van der Waals surface area contributed by atoms with Gasteiger partial charge in [0, 0.05) is 25.2 Å². The summed E-state index contributed by atoms with van der Waals surface area (Å²) in [6.07, 6.45) is -0.0111. The Hall–Kier alpha value is -5.25. The number of Topliss-reactive ketones (excluding diaryl/α,β-unsaturated/α-hetero) is 1. The fourth-order valence-electron chi connectivity index (χ4n) is 6.57. The van der Waals surface area contributed by atoms with Gasteiger partial charge in [0.15, 0.2) is 5.78 Å². The molecule has 5 rings (SSSR count). The summed E-state index contributed by atoms with van der Waals surface area (Å²) < 4.78 is 10.8. The average Bonchev–Trinajstić information content (AvgIpc) is 3.37. The molecule has 0 spiro atoms. The molecule has 10 heteroatoms. The Morgan fingerprint density at radius 2 is 1.54 bits per heavy atom. The molecule has 3 aromatic rings. The van der Waals surface area contributed by atoms with Crippen molar-refractivity contribution in [2.24, 2.45) is 16.3 Å². The number of carboxylic acid groups (broad SMARTS) is 1. The molecule has 3 N–H and O–H groups in total. The summed E-state index contributed by atoms with van der Waals surface area (Å²) in [5, 5.41) is 22.8. The molecule has 2 aliphatic rings. The van der Waals surface area contributed by atoms with E-state index in [1.165, 1.54) is 0 Å². The first-order chi connectivity index (χ1) is 23.8. The number of aliphatic imine (C=N–C) groups is 1. The Labute approximate surface area is 292 Å². The summed E-state index contributed by atoms with van der Waals surface area (Å²) in [6, 6.07) is 21.5. The van der Waals surface area contributed by atoms with Crippen LogP contribution in [0.1, 0.15) is 82.4 Å². The number of carbonyl (C=O) groups is 4. The predicted octanol–water partition coefficient (Wildman–Crippen LogP) is 7.82. The molecule has 1 amide bonds. The second-order valence-corrected chi connectivity index (χ2v) is 14.1. The monoisotopic (exact) mass is 680 g/mol. The summed E-state index contributed by atoms with van der Waals surface area (Å²) >= 11 is 0. The van der Waals surface area contributed by atoms with Crippen LogP contribution in [-0.2, 0) is 30.5 Å². The van der Waals surface area contributed by atoms with Crippen molar-refractivity contribution in [3.05, 3.63) is 101 Å². The van der Waals surface area contributed by atoms with E-state index in [4.69, 9.17) is 14.5 Å². The number of hydrogen-bond acceptors (Lipinski definition) is 8. The SMILES string of the molecule is CC(C)CC(=Nc1ccc(COC(=O)CC[C@H](NC(=O)OCC2c3ccccc3-c3ccccc32)C(=O)O)cc1)C1=C(O)CC(C)(C)CC1=O. The number of ketones is 1. The van der Waals surface area contributed by atoms with Gasteiger partial charge in [-0.05, 0) is 64.1 Å². The molecule has 0 heterocycles. The second kappa shape index (κ2) is 15.5. The highest BCUT2D eigenvalue weighted by atomic mass is 16.5. The minimum absolute atomic E-state index is 0.0359. The van der Waals surface area contributed by atoms with Gasteiger partial charge >= 0.3 is 18.0 Å². The molecule has 10 nitrogen and oxygen atoms in total. The number of nitrogens with one attached hydrogen (secondary N) is 1. The number of amides is 1. The number of carbonyl (C=O) groups excluding carboxylic acids is 3. The van der Waals surface area contributed by atoms with Gasteiger partial charge in [-0.25, -0.2) is 9.59 Å². The Kier molecular flexibility index (Phi) is 11.2. The highest BCUT2D eigenvalue weighted by Crippen LogP contribution is 2.44. The van der Waals surface area contributed by atoms with E-state index >= 15 is 0 Å². The van der Waals surface area contributed by atoms with Crippen molar-refractivity contribution in [1.29, 1.82) is 0 Å². The number of nitrogens with zero attached hydrogens (tertiary/aromatic N) is 1. The standard InChI is InChI=1S/C40H44N2O8/c1-24(2)19-33(37-34(43)20-40(3,4)21-35(37)44)41-26-15-13-25(14-16-26)22-49-36(45)18-17-32(38(46)47)42-39(48)50-23-31-29-11-7-5-9-27(29)28-10-6-8-12-30(28)31/h5-16,24,31-32,43H,17-23H2,1-4H3,(H,42,48)(H,46,47)/t32-/m0/s1. The normalized spacial score (nSPS) is 16.1. The van der Waals surface area contributed by atoms with Gasteiger partial charge in [-0.3, -0.25) is 14.6 Å². The summed E-state index contributed by atoms with van der Waals surface area (Å²) in [4.78, 5) is 54.7. The van der Waals surface area contributed by atoms with Crippen LogP contribution in [0.4, 0.5) is 10.5 Å². The van der Waals surface area contributed by atoms with Crippen LogP contribution in [0.2, 0.25) is 0 Å². The molecule has 0 saturated carbocycles.